The van der Waals surface area contributed by atoms with E-state index in [2.05, 4.69) is 20.5 Å². The zero-order chi connectivity index (χ0) is 21.4. The molecule has 10 heteroatoms. The lowest BCUT2D eigenvalue weighted by Gasteiger charge is -2.10. The van der Waals surface area contributed by atoms with Gasteiger partial charge >= 0.3 is 0 Å². The van der Waals surface area contributed by atoms with Crippen molar-refractivity contribution in [2.45, 2.75) is 12.1 Å². The molecule has 0 saturated heterocycles. The van der Waals surface area contributed by atoms with Crippen LogP contribution in [0.4, 0.5) is 5.69 Å². The summed E-state index contributed by atoms with van der Waals surface area (Å²) in [6.07, 6.45) is 1.81. The van der Waals surface area contributed by atoms with Crippen LogP contribution in [0.2, 0.25) is 0 Å². The lowest BCUT2D eigenvalue weighted by Crippen LogP contribution is -2.16. The number of carbonyl (C=O) groups is 2. The molecule has 3 heterocycles. The van der Waals surface area contributed by atoms with Crippen molar-refractivity contribution in [3.63, 3.8) is 0 Å². The third-order valence-corrected chi connectivity index (χ3v) is 5.54. The second kappa shape index (κ2) is 7.80. The molecule has 0 saturated carbocycles. The van der Waals surface area contributed by atoms with Crippen molar-refractivity contribution < 1.29 is 23.5 Å². The van der Waals surface area contributed by atoms with Crippen molar-refractivity contribution in [3.05, 3.63) is 48.2 Å². The second-order valence-corrected chi connectivity index (χ2v) is 7.69. The number of thioether (sulfide) groups is 1. The molecule has 1 aliphatic rings. The molecule has 31 heavy (non-hydrogen) atoms. The topological polar surface area (TPSA) is 119 Å². The van der Waals surface area contributed by atoms with Gasteiger partial charge in [0, 0.05) is 28.7 Å². The van der Waals surface area contributed by atoms with Crippen LogP contribution in [0.5, 0.6) is 11.5 Å². The van der Waals surface area contributed by atoms with Crippen molar-refractivity contribution in [1.29, 1.82) is 0 Å². The Morgan fingerprint density at radius 1 is 1.16 bits per heavy atom. The van der Waals surface area contributed by atoms with E-state index in [9.17, 15) is 9.59 Å². The van der Waals surface area contributed by atoms with Crippen LogP contribution in [0.3, 0.4) is 0 Å². The van der Waals surface area contributed by atoms with E-state index in [1.54, 1.807) is 12.1 Å². The Hall–Kier alpha value is -3.79. The highest BCUT2D eigenvalue weighted by molar-refractivity contribution is 7.99. The third kappa shape index (κ3) is 3.73. The van der Waals surface area contributed by atoms with Gasteiger partial charge in [-0.15, -0.1) is 10.2 Å². The van der Waals surface area contributed by atoms with Gasteiger partial charge in [-0.05, 0) is 19.1 Å². The summed E-state index contributed by atoms with van der Waals surface area (Å²) in [7, 11) is 0. The molecule has 9 nitrogen and oxygen atoms in total. The molecular formula is C21H16N4O5S. The molecule has 156 valence electrons. The molecule has 5 rings (SSSR count). The fourth-order valence-corrected chi connectivity index (χ4v) is 3.84. The second-order valence-electron chi connectivity index (χ2n) is 6.77. The Morgan fingerprint density at radius 2 is 1.97 bits per heavy atom. The number of ketones is 1. The van der Waals surface area contributed by atoms with Crippen molar-refractivity contribution in [1.82, 2.24) is 15.2 Å². The van der Waals surface area contributed by atoms with Crippen molar-refractivity contribution in [2.75, 3.05) is 17.9 Å². The number of para-hydroxylation sites is 1. The molecule has 0 aliphatic carbocycles. The first-order valence-corrected chi connectivity index (χ1v) is 10.3. The van der Waals surface area contributed by atoms with Crippen LogP contribution in [0.15, 0.2) is 52.2 Å². The lowest BCUT2D eigenvalue weighted by atomic mass is 10.1. The van der Waals surface area contributed by atoms with Gasteiger partial charge in [0.1, 0.15) is 0 Å². The molecule has 0 spiro atoms. The predicted octanol–water partition coefficient (Wildman–Crippen LogP) is 3.88. The first-order chi connectivity index (χ1) is 15.1. The van der Waals surface area contributed by atoms with Crippen LogP contribution < -0.4 is 14.8 Å². The van der Waals surface area contributed by atoms with Crippen molar-refractivity contribution >= 4 is 40.0 Å². The molecule has 1 amide bonds. The summed E-state index contributed by atoms with van der Waals surface area (Å²) >= 11 is 1.11. The molecule has 0 fully saturated rings. The molecule has 2 N–H and O–H groups in total. The summed E-state index contributed by atoms with van der Waals surface area (Å²) < 4.78 is 16.3. The van der Waals surface area contributed by atoms with Gasteiger partial charge in [-0.1, -0.05) is 30.0 Å². The Bertz CT molecular complexity index is 1310. The maximum Gasteiger partial charge on any atom is 0.277 e. The molecule has 0 bridgehead atoms. The number of hydrogen-bond donors (Lipinski definition) is 2. The zero-order valence-electron chi connectivity index (χ0n) is 16.3. The minimum atomic E-state index is -0.321. The maximum atomic E-state index is 12.5. The summed E-state index contributed by atoms with van der Waals surface area (Å²) in [4.78, 5) is 27.6. The highest BCUT2D eigenvalue weighted by Gasteiger charge is 2.21. The Balaban J connectivity index is 1.27. The number of H-pyrrole nitrogens is 1. The number of anilines is 1. The average molecular weight is 436 g/mol. The number of aromatic amines is 1. The molecule has 2 aromatic carbocycles. The lowest BCUT2D eigenvalue weighted by molar-refractivity contribution is -0.113. The molecule has 4 aromatic rings. The number of carbonyl (C=O) groups excluding carboxylic acids is 2. The van der Waals surface area contributed by atoms with Crippen LogP contribution in [-0.4, -0.2) is 39.4 Å². The van der Waals surface area contributed by atoms with E-state index in [0.717, 1.165) is 28.2 Å². The summed E-state index contributed by atoms with van der Waals surface area (Å²) in [6, 6.07) is 10.9. The van der Waals surface area contributed by atoms with E-state index >= 15 is 0 Å². The molecule has 2 aromatic heterocycles. The van der Waals surface area contributed by atoms with Gasteiger partial charge in [0.25, 0.3) is 11.1 Å². The number of aromatic nitrogens is 3. The molecule has 0 unspecified atom stereocenters. The first kappa shape index (κ1) is 19.2. The summed E-state index contributed by atoms with van der Waals surface area (Å²) in [5, 5.41) is 12.1. The minimum absolute atomic E-state index is 0.0291. The fourth-order valence-electron chi connectivity index (χ4n) is 3.28. The SMILES string of the molecule is CC(=O)c1cc2c(cc1NC(=O)CSc1nnc(-c3c[nH]c4ccccc34)o1)OCO2. The normalized spacial score (nSPS) is 12.3. The van der Waals surface area contributed by atoms with E-state index < -0.39 is 0 Å². The Labute approximate surface area is 180 Å². The van der Waals surface area contributed by atoms with Gasteiger partial charge in [0.05, 0.1) is 17.0 Å². The highest BCUT2D eigenvalue weighted by atomic mass is 32.2. The van der Waals surface area contributed by atoms with Gasteiger partial charge in [-0.25, -0.2) is 0 Å². The number of ether oxygens (including phenoxy) is 2. The van der Waals surface area contributed by atoms with E-state index in [4.69, 9.17) is 13.9 Å². The zero-order valence-corrected chi connectivity index (χ0v) is 17.1. The summed E-state index contributed by atoms with van der Waals surface area (Å²) in [5.41, 5.74) is 2.48. The Kier molecular flexibility index (Phi) is 4.83. The summed E-state index contributed by atoms with van der Waals surface area (Å²) in [6.45, 7) is 1.50. The van der Waals surface area contributed by atoms with Crippen LogP contribution >= 0.6 is 11.8 Å². The number of nitrogens with one attached hydrogen (secondary N) is 2. The monoisotopic (exact) mass is 436 g/mol. The number of Topliss-reactive ketones (excluding diaryl/α,β-unsaturated/α-hetero) is 1. The van der Waals surface area contributed by atoms with E-state index in [0.29, 0.717) is 28.6 Å². The Morgan fingerprint density at radius 3 is 2.81 bits per heavy atom. The van der Waals surface area contributed by atoms with Crippen molar-refractivity contribution in [3.8, 4) is 23.0 Å². The smallest absolute Gasteiger partial charge is 0.277 e. The highest BCUT2D eigenvalue weighted by Crippen LogP contribution is 2.37. The van der Waals surface area contributed by atoms with E-state index in [1.165, 1.54) is 6.92 Å². The average Bonchev–Trinajstić information content (AvgIpc) is 3.50. The number of nitrogens with zero attached hydrogens (tertiary/aromatic N) is 2. The van der Waals surface area contributed by atoms with Crippen LogP contribution in [0, 0.1) is 0 Å². The molecule has 1 aliphatic heterocycles. The fraction of sp³-hybridized carbons (Fsp3) is 0.143. The van der Waals surface area contributed by atoms with E-state index in [1.807, 2.05) is 30.5 Å². The minimum Gasteiger partial charge on any atom is -0.454 e. The van der Waals surface area contributed by atoms with Gasteiger partial charge in [-0.3, -0.25) is 9.59 Å². The first-order valence-electron chi connectivity index (χ1n) is 9.36. The predicted molar refractivity (Wildman–Crippen MR) is 114 cm³/mol. The van der Waals surface area contributed by atoms with Gasteiger partial charge < -0.3 is 24.2 Å². The van der Waals surface area contributed by atoms with Crippen molar-refractivity contribution in [2.24, 2.45) is 0 Å². The largest absolute Gasteiger partial charge is 0.454 e. The van der Waals surface area contributed by atoms with Crippen LogP contribution in [-0.2, 0) is 4.79 Å². The van der Waals surface area contributed by atoms with Gasteiger partial charge in [0.2, 0.25) is 12.7 Å². The third-order valence-electron chi connectivity index (χ3n) is 4.72. The van der Waals surface area contributed by atoms with E-state index in [-0.39, 0.29) is 29.5 Å². The van der Waals surface area contributed by atoms with Gasteiger partial charge in [-0.2, -0.15) is 0 Å². The number of rotatable bonds is 6. The molecule has 0 atom stereocenters. The number of hydrogen-bond acceptors (Lipinski definition) is 8. The number of amides is 1. The number of fused-ring (bicyclic) bond motifs is 2. The molecular weight excluding hydrogens is 420 g/mol. The quantitative estimate of drug-likeness (QED) is 0.345. The van der Waals surface area contributed by atoms with Crippen LogP contribution in [0.25, 0.3) is 22.4 Å². The standard InChI is InChI=1S/C21H16N4O5S/c1-11(26)13-6-17-18(29-10-28-17)7-16(13)23-19(27)9-31-21-25-24-20(30-21)14-8-22-15-5-3-2-4-12(14)15/h2-8,22H,9-10H2,1H3,(H,23,27). The van der Waals surface area contributed by atoms with Gasteiger partial charge in [0.15, 0.2) is 17.3 Å². The number of benzene rings is 2. The van der Waals surface area contributed by atoms with Crippen LogP contribution in [0.1, 0.15) is 17.3 Å². The summed E-state index contributed by atoms with van der Waals surface area (Å²) in [5.74, 6) is 0.845. The maximum absolute atomic E-state index is 12.5. The molecule has 0 radical (unpaired) electrons.